The van der Waals surface area contributed by atoms with E-state index < -0.39 is 0 Å². The van der Waals surface area contributed by atoms with Crippen LogP contribution in [0.25, 0.3) is 11.2 Å². The molecule has 5 nitrogen and oxygen atoms in total. The van der Waals surface area contributed by atoms with Crippen LogP contribution in [0.5, 0.6) is 0 Å². The lowest BCUT2D eigenvalue weighted by atomic mass is 9.79. The van der Waals surface area contributed by atoms with E-state index in [4.69, 9.17) is 5.73 Å². The Labute approximate surface area is 106 Å². The first-order valence-corrected chi connectivity index (χ1v) is 6.70. The second kappa shape index (κ2) is 4.65. The Balaban J connectivity index is 2.03. The molecule has 0 spiro atoms. The molecule has 96 valence electrons. The highest BCUT2D eigenvalue weighted by molar-refractivity contribution is 5.69. The van der Waals surface area contributed by atoms with Crippen molar-refractivity contribution in [3.05, 3.63) is 18.3 Å². The van der Waals surface area contributed by atoms with Crippen molar-refractivity contribution in [1.29, 1.82) is 0 Å². The van der Waals surface area contributed by atoms with Gasteiger partial charge in [-0.05, 0) is 12.8 Å². The van der Waals surface area contributed by atoms with Crippen LogP contribution in [0.15, 0.2) is 12.5 Å². The summed E-state index contributed by atoms with van der Waals surface area (Å²) in [7, 11) is 0. The van der Waals surface area contributed by atoms with E-state index in [9.17, 15) is 0 Å². The monoisotopic (exact) mass is 245 g/mol. The van der Waals surface area contributed by atoms with Gasteiger partial charge >= 0.3 is 0 Å². The number of fused-ring (bicyclic) bond motifs is 1. The minimum Gasteiger partial charge on any atom is -0.339 e. The number of nitrogens with zero attached hydrogens (tertiary/aromatic N) is 3. The van der Waals surface area contributed by atoms with Gasteiger partial charge in [-0.25, -0.2) is 15.0 Å². The van der Waals surface area contributed by atoms with E-state index in [1.165, 1.54) is 32.0 Å². The smallest absolute Gasteiger partial charge is 0.180 e. The Hall–Kier alpha value is -1.49. The van der Waals surface area contributed by atoms with Crippen LogP contribution in [0.3, 0.4) is 0 Å². The molecule has 3 N–H and O–H groups in total. The molecular weight excluding hydrogens is 226 g/mol. The van der Waals surface area contributed by atoms with E-state index in [1.54, 1.807) is 6.20 Å². The van der Waals surface area contributed by atoms with Crippen LogP contribution >= 0.6 is 0 Å². The number of rotatable bonds is 2. The van der Waals surface area contributed by atoms with E-state index >= 15 is 0 Å². The van der Waals surface area contributed by atoms with Gasteiger partial charge in [0.05, 0.1) is 6.20 Å². The number of imidazole rings is 1. The molecule has 0 bridgehead atoms. The predicted octanol–water partition coefficient (Wildman–Crippen LogP) is 1.90. The Kier molecular flexibility index (Phi) is 2.99. The third kappa shape index (κ3) is 1.88. The molecule has 0 unspecified atom stereocenters. The van der Waals surface area contributed by atoms with E-state index in [-0.39, 0.29) is 5.41 Å². The lowest BCUT2D eigenvalue weighted by Crippen LogP contribution is -2.35. The number of nitrogens with two attached hydrogens (primary N) is 1. The minimum absolute atomic E-state index is 0.0111. The SMILES string of the molecule is NCC1(c2nc3ncncc3[nH]2)CCCCCC1. The average molecular weight is 245 g/mol. The van der Waals surface area contributed by atoms with Crippen LogP contribution in [0.4, 0.5) is 0 Å². The lowest BCUT2D eigenvalue weighted by molar-refractivity contribution is 0.362. The molecule has 5 heteroatoms. The summed E-state index contributed by atoms with van der Waals surface area (Å²) in [5.74, 6) is 1.00. The summed E-state index contributed by atoms with van der Waals surface area (Å²) in [6, 6.07) is 0. The summed E-state index contributed by atoms with van der Waals surface area (Å²) in [6.07, 6.45) is 10.6. The molecule has 0 saturated heterocycles. The fourth-order valence-corrected chi connectivity index (χ4v) is 2.96. The third-order valence-corrected chi connectivity index (χ3v) is 4.12. The van der Waals surface area contributed by atoms with E-state index in [0.29, 0.717) is 6.54 Å². The topological polar surface area (TPSA) is 80.5 Å². The number of aromatic amines is 1. The molecule has 1 aliphatic carbocycles. The minimum atomic E-state index is 0.0111. The average Bonchev–Trinajstić information content (AvgIpc) is 2.70. The number of hydrogen-bond donors (Lipinski definition) is 2. The first-order chi connectivity index (χ1) is 8.84. The van der Waals surface area contributed by atoms with E-state index in [1.807, 2.05) is 0 Å². The van der Waals surface area contributed by atoms with Gasteiger partial charge in [0, 0.05) is 12.0 Å². The molecule has 0 amide bonds. The number of aromatic nitrogens is 4. The Morgan fingerprint density at radius 3 is 2.67 bits per heavy atom. The fourth-order valence-electron chi connectivity index (χ4n) is 2.96. The Morgan fingerprint density at radius 2 is 2.00 bits per heavy atom. The third-order valence-electron chi connectivity index (χ3n) is 4.12. The van der Waals surface area contributed by atoms with Crippen molar-refractivity contribution >= 4 is 11.2 Å². The molecule has 3 rings (SSSR count). The lowest BCUT2D eigenvalue weighted by Gasteiger charge is -2.28. The van der Waals surface area contributed by atoms with Gasteiger partial charge in [-0.2, -0.15) is 0 Å². The molecule has 0 aromatic carbocycles. The predicted molar refractivity (Wildman–Crippen MR) is 70.1 cm³/mol. The van der Waals surface area contributed by atoms with Crippen LogP contribution in [0, 0.1) is 0 Å². The van der Waals surface area contributed by atoms with E-state index in [2.05, 4.69) is 19.9 Å². The molecule has 0 radical (unpaired) electrons. The summed E-state index contributed by atoms with van der Waals surface area (Å²) in [5, 5.41) is 0. The first-order valence-electron chi connectivity index (χ1n) is 6.70. The zero-order valence-electron chi connectivity index (χ0n) is 10.5. The second-order valence-electron chi connectivity index (χ2n) is 5.24. The van der Waals surface area contributed by atoms with Crippen molar-refractivity contribution in [2.75, 3.05) is 6.54 Å². The highest BCUT2D eigenvalue weighted by atomic mass is 15.0. The highest BCUT2D eigenvalue weighted by Gasteiger charge is 2.34. The van der Waals surface area contributed by atoms with Crippen LogP contribution in [0.1, 0.15) is 44.3 Å². The molecule has 2 aromatic heterocycles. The van der Waals surface area contributed by atoms with Crippen molar-refractivity contribution in [2.45, 2.75) is 43.9 Å². The molecule has 1 saturated carbocycles. The molecule has 1 fully saturated rings. The standard InChI is InChI=1S/C13H19N5/c14-8-13(5-3-1-2-4-6-13)12-17-10-7-15-9-16-11(10)18-12/h7,9H,1-6,8,14H2,(H,15,16,17,18). The maximum absolute atomic E-state index is 6.07. The number of H-pyrrole nitrogens is 1. The summed E-state index contributed by atoms with van der Waals surface area (Å²) in [4.78, 5) is 16.2. The molecule has 0 atom stereocenters. The maximum Gasteiger partial charge on any atom is 0.180 e. The van der Waals surface area contributed by atoms with Gasteiger partial charge in [0.25, 0.3) is 0 Å². The van der Waals surface area contributed by atoms with Crippen LogP contribution in [-0.2, 0) is 5.41 Å². The van der Waals surface area contributed by atoms with Gasteiger partial charge in [0.2, 0.25) is 0 Å². The normalized spacial score (nSPS) is 19.8. The fraction of sp³-hybridized carbons (Fsp3) is 0.615. The quantitative estimate of drug-likeness (QED) is 0.792. The molecule has 2 aromatic rings. The van der Waals surface area contributed by atoms with Gasteiger partial charge in [0.1, 0.15) is 17.7 Å². The zero-order valence-corrected chi connectivity index (χ0v) is 10.5. The molecular formula is C13H19N5. The van der Waals surface area contributed by atoms with Crippen molar-refractivity contribution < 1.29 is 0 Å². The Morgan fingerprint density at radius 1 is 1.22 bits per heavy atom. The van der Waals surface area contributed by atoms with Crippen molar-refractivity contribution in [3.8, 4) is 0 Å². The van der Waals surface area contributed by atoms with Crippen molar-refractivity contribution in [3.63, 3.8) is 0 Å². The molecule has 18 heavy (non-hydrogen) atoms. The van der Waals surface area contributed by atoms with Gasteiger partial charge in [-0.3, -0.25) is 0 Å². The van der Waals surface area contributed by atoms with Crippen LogP contribution < -0.4 is 5.73 Å². The summed E-state index contributed by atoms with van der Waals surface area (Å²) in [6.45, 7) is 0.653. The van der Waals surface area contributed by atoms with Crippen LogP contribution in [-0.4, -0.2) is 26.5 Å². The largest absolute Gasteiger partial charge is 0.339 e. The van der Waals surface area contributed by atoms with Crippen molar-refractivity contribution in [1.82, 2.24) is 19.9 Å². The van der Waals surface area contributed by atoms with Crippen molar-refractivity contribution in [2.24, 2.45) is 5.73 Å². The van der Waals surface area contributed by atoms with E-state index in [0.717, 1.165) is 29.8 Å². The van der Waals surface area contributed by atoms with Gasteiger partial charge in [-0.1, -0.05) is 25.7 Å². The highest BCUT2D eigenvalue weighted by Crippen LogP contribution is 2.36. The zero-order chi connectivity index (χ0) is 12.4. The van der Waals surface area contributed by atoms with Gasteiger partial charge < -0.3 is 10.7 Å². The second-order valence-corrected chi connectivity index (χ2v) is 5.24. The summed E-state index contributed by atoms with van der Waals surface area (Å²) >= 11 is 0. The Bertz CT molecular complexity index is 492. The summed E-state index contributed by atoms with van der Waals surface area (Å²) in [5.41, 5.74) is 7.73. The number of hydrogen-bond acceptors (Lipinski definition) is 4. The summed E-state index contributed by atoms with van der Waals surface area (Å²) < 4.78 is 0. The molecule has 0 aliphatic heterocycles. The van der Waals surface area contributed by atoms with Gasteiger partial charge in [-0.15, -0.1) is 0 Å². The maximum atomic E-state index is 6.07. The molecule has 2 heterocycles. The van der Waals surface area contributed by atoms with Gasteiger partial charge in [0.15, 0.2) is 5.65 Å². The first kappa shape index (κ1) is 11.6. The molecule has 1 aliphatic rings. The van der Waals surface area contributed by atoms with Crippen LogP contribution in [0.2, 0.25) is 0 Å². The number of nitrogens with one attached hydrogen (secondary N) is 1.